The number of rotatable bonds is 5. The van der Waals surface area contributed by atoms with Crippen molar-refractivity contribution in [2.75, 3.05) is 17.3 Å². The lowest BCUT2D eigenvalue weighted by Gasteiger charge is -2.24. The number of anilines is 1. The van der Waals surface area contributed by atoms with Gasteiger partial charge in [-0.05, 0) is 24.1 Å². The van der Waals surface area contributed by atoms with Gasteiger partial charge in [0.15, 0.2) is 0 Å². The molecule has 0 saturated carbocycles. The number of hydrogen-bond acceptors (Lipinski definition) is 2. The molecule has 0 spiro atoms. The first-order valence-corrected chi connectivity index (χ1v) is 6.61. The van der Waals surface area contributed by atoms with Gasteiger partial charge in [-0.2, -0.15) is 0 Å². The number of nitrogens with zero attached hydrogens (tertiary/aromatic N) is 2. The number of benzene rings is 1. The highest BCUT2D eigenvalue weighted by Gasteiger charge is 2.10. The molecular weight excluding hydrogens is 244 g/mol. The van der Waals surface area contributed by atoms with Gasteiger partial charge >= 0.3 is 0 Å². The van der Waals surface area contributed by atoms with Crippen LogP contribution in [0.2, 0.25) is 0 Å². The number of aromatic nitrogens is 1. The first-order chi connectivity index (χ1) is 8.81. The Bertz CT molecular complexity index is 485. The molecule has 2 aromatic rings. The summed E-state index contributed by atoms with van der Waals surface area (Å²) in [5, 5.41) is 0. The third-order valence-electron chi connectivity index (χ3n) is 2.85. The lowest BCUT2D eigenvalue weighted by molar-refractivity contribution is 0.812. The summed E-state index contributed by atoms with van der Waals surface area (Å²) in [5.74, 6) is 1.62. The third-order valence-corrected chi connectivity index (χ3v) is 3.02. The maximum absolute atomic E-state index is 5.90. The molecule has 0 aliphatic rings. The third kappa shape index (κ3) is 3.23. The molecule has 2 rings (SSSR count). The average Bonchev–Trinajstić information content (AvgIpc) is 2.40. The summed E-state index contributed by atoms with van der Waals surface area (Å²) < 4.78 is 0. The zero-order valence-corrected chi connectivity index (χ0v) is 11.3. The van der Waals surface area contributed by atoms with Gasteiger partial charge < -0.3 is 4.90 Å². The minimum absolute atomic E-state index is 0.600. The summed E-state index contributed by atoms with van der Waals surface area (Å²) in [5.41, 5.74) is 2.45. The molecule has 0 atom stereocenters. The second-order valence-electron chi connectivity index (χ2n) is 4.24. The van der Waals surface area contributed by atoms with Crippen LogP contribution in [0.15, 0.2) is 48.7 Å². The standard InChI is InChI=1S/C15H17ClN2/c1-13-6-5-10-17-15(13)18(11-9-16)12-14-7-3-2-4-8-14/h2-8,10H,9,11-12H2,1H3. The highest BCUT2D eigenvalue weighted by Crippen LogP contribution is 2.18. The normalized spacial score (nSPS) is 10.3. The molecule has 0 fully saturated rings. The first-order valence-electron chi connectivity index (χ1n) is 6.07. The van der Waals surface area contributed by atoms with Crippen LogP contribution in [0, 0.1) is 6.92 Å². The van der Waals surface area contributed by atoms with E-state index in [1.54, 1.807) is 0 Å². The molecule has 0 aliphatic carbocycles. The molecule has 0 aliphatic heterocycles. The van der Waals surface area contributed by atoms with Gasteiger partial charge in [0.2, 0.25) is 0 Å². The van der Waals surface area contributed by atoms with Crippen molar-refractivity contribution in [3.05, 3.63) is 59.8 Å². The molecule has 1 aromatic heterocycles. The van der Waals surface area contributed by atoms with Crippen molar-refractivity contribution in [3.63, 3.8) is 0 Å². The Hall–Kier alpha value is -1.54. The SMILES string of the molecule is Cc1cccnc1N(CCCl)Cc1ccccc1. The Morgan fingerprint density at radius 2 is 1.89 bits per heavy atom. The molecule has 94 valence electrons. The molecule has 18 heavy (non-hydrogen) atoms. The van der Waals surface area contributed by atoms with E-state index < -0.39 is 0 Å². The number of hydrogen-bond donors (Lipinski definition) is 0. The predicted molar refractivity (Wildman–Crippen MR) is 77.2 cm³/mol. The monoisotopic (exact) mass is 260 g/mol. The molecule has 0 saturated heterocycles. The Morgan fingerprint density at radius 1 is 1.11 bits per heavy atom. The van der Waals surface area contributed by atoms with E-state index in [2.05, 4.69) is 47.1 Å². The van der Waals surface area contributed by atoms with Crippen LogP contribution in [0.25, 0.3) is 0 Å². The van der Waals surface area contributed by atoms with Crippen molar-refractivity contribution < 1.29 is 0 Å². The molecule has 1 heterocycles. The molecule has 3 heteroatoms. The van der Waals surface area contributed by atoms with Crippen LogP contribution in [0.4, 0.5) is 5.82 Å². The van der Waals surface area contributed by atoms with E-state index in [0.717, 1.165) is 18.9 Å². The maximum atomic E-state index is 5.90. The topological polar surface area (TPSA) is 16.1 Å². The van der Waals surface area contributed by atoms with Gasteiger partial charge in [-0.25, -0.2) is 4.98 Å². The van der Waals surface area contributed by atoms with Crippen LogP contribution in [0.3, 0.4) is 0 Å². The fraction of sp³-hybridized carbons (Fsp3) is 0.267. The highest BCUT2D eigenvalue weighted by atomic mass is 35.5. The van der Waals surface area contributed by atoms with Crippen molar-refractivity contribution >= 4 is 17.4 Å². The predicted octanol–water partition coefficient (Wildman–Crippen LogP) is 3.64. The highest BCUT2D eigenvalue weighted by molar-refractivity contribution is 6.18. The van der Waals surface area contributed by atoms with Crippen molar-refractivity contribution in [1.82, 2.24) is 4.98 Å². The summed E-state index contributed by atoms with van der Waals surface area (Å²) in [6, 6.07) is 14.4. The maximum Gasteiger partial charge on any atom is 0.131 e. The zero-order valence-electron chi connectivity index (χ0n) is 10.5. The van der Waals surface area contributed by atoms with E-state index in [4.69, 9.17) is 11.6 Å². The van der Waals surface area contributed by atoms with Crippen LogP contribution < -0.4 is 4.90 Å². The first kappa shape index (κ1) is 12.9. The molecule has 2 nitrogen and oxygen atoms in total. The van der Waals surface area contributed by atoms with Gasteiger partial charge in [-0.3, -0.25) is 0 Å². The minimum Gasteiger partial charge on any atom is -0.351 e. The van der Waals surface area contributed by atoms with Gasteiger partial charge in [-0.1, -0.05) is 36.4 Å². The number of halogens is 1. The summed E-state index contributed by atoms with van der Waals surface area (Å²) in [4.78, 5) is 6.68. The van der Waals surface area contributed by atoms with E-state index in [9.17, 15) is 0 Å². The van der Waals surface area contributed by atoms with Crippen molar-refractivity contribution in [2.24, 2.45) is 0 Å². The van der Waals surface area contributed by atoms with Gasteiger partial charge in [0, 0.05) is 25.2 Å². The fourth-order valence-corrected chi connectivity index (χ4v) is 2.18. The second-order valence-corrected chi connectivity index (χ2v) is 4.62. The summed E-state index contributed by atoms with van der Waals surface area (Å²) in [6.45, 7) is 3.72. The largest absolute Gasteiger partial charge is 0.351 e. The van der Waals surface area contributed by atoms with Gasteiger partial charge in [0.1, 0.15) is 5.82 Å². The molecule has 0 amide bonds. The smallest absolute Gasteiger partial charge is 0.131 e. The van der Waals surface area contributed by atoms with Gasteiger partial charge in [-0.15, -0.1) is 11.6 Å². The van der Waals surface area contributed by atoms with Crippen LogP contribution >= 0.6 is 11.6 Å². The number of alkyl halides is 1. The summed E-state index contributed by atoms with van der Waals surface area (Å²) in [6.07, 6.45) is 1.83. The number of aryl methyl sites for hydroxylation is 1. The minimum atomic E-state index is 0.600. The molecule has 0 bridgehead atoms. The van der Waals surface area contributed by atoms with Crippen LogP contribution in [0.5, 0.6) is 0 Å². The Labute approximate surface area is 113 Å². The van der Waals surface area contributed by atoms with E-state index in [-0.39, 0.29) is 0 Å². The molecule has 1 aromatic carbocycles. The lowest BCUT2D eigenvalue weighted by atomic mass is 10.2. The second kappa shape index (κ2) is 6.41. The Balaban J connectivity index is 2.21. The van der Waals surface area contributed by atoms with Crippen LogP contribution in [0.1, 0.15) is 11.1 Å². The van der Waals surface area contributed by atoms with Gasteiger partial charge in [0.05, 0.1) is 0 Å². The lowest BCUT2D eigenvalue weighted by Crippen LogP contribution is -2.26. The molecule has 0 N–H and O–H groups in total. The quantitative estimate of drug-likeness (QED) is 0.763. The number of pyridine rings is 1. The Kier molecular flexibility index (Phi) is 4.59. The van der Waals surface area contributed by atoms with E-state index in [0.29, 0.717) is 5.88 Å². The van der Waals surface area contributed by atoms with Crippen LogP contribution in [-0.2, 0) is 6.54 Å². The summed E-state index contributed by atoms with van der Waals surface area (Å²) in [7, 11) is 0. The van der Waals surface area contributed by atoms with Crippen LogP contribution in [-0.4, -0.2) is 17.4 Å². The molecule has 0 radical (unpaired) electrons. The van der Waals surface area contributed by atoms with Crippen molar-refractivity contribution in [1.29, 1.82) is 0 Å². The van der Waals surface area contributed by atoms with E-state index in [1.807, 2.05) is 18.3 Å². The summed E-state index contributed by atoms with van der Waals surface area (Å²) >= 11 is 5.90. The zero-order chi connectivity index (χ0) is 12.8. The van der Waals surface area contributed by atoms with Crippen molar-refractivity contribution in [3.8, 4) is 0 Å². The van der Waals surface area contributed by atoms with E-state index >= 15 is 0 Å². The Morgan fingerprint density at radius 3 is 2.56 bits per heavy atom. The fourth-order valence-electron chi connectivity index (χ4n) is 1.97. The molecule has 0 unspecified atom stereocenters. The van der Waals surface area contributed by atoms with Crippen molar-refractivity contribution in [2.45, 2.75) is 13.5 Å². The van der Waals surface area contributed by atoms with E-state index in [1.165, 1.54) is 11.1 Å². The van der Waals surface area contributed by atoms with Gasteiger partial charge in [0.25, 0.3) is 0 Å². The average molecular weight is 261 g/mol. The molecular formula is C15H17ClN2.